The van der Waals surface area contributed by atoms with Crippen LogP contribution in [0.3, 0.4) is 0 Å². The quantitative estimate of drug-likeness (QED) is 0.587. The SMILES string of the molecule is CS(=O)(=O)c1ccc(-c2ccsc2)c(C(=O)N2CCN(c3ccc(F)cc3F)CC2)c1. The van der Waals surface area contributed by atoms with E-state index in [0.717, 1.165) is 17.9 Å². The normalized spacial score (nSPS) is 14.7. The van der Waals surface area contributed by atoms with Crippen molar-refractivity contribution in [2.45, 2.75) is 4.90 Å². The lowest BCUT2D eigenvalue weighted by atomic mass is 10.0. The maximum atomic E-state index is 14.1. The van der Waals surface area contributed by atoms with Crippen LogP contribution < -0.4 is 4.90 Å². The molecule has 1 amide bonds. The highest BCUT2D eigenvalue weighted by Gasteiger charge is 2.26. The Hall–Kier alpha value is -2.78. The highest BCUT2D eigenvalue weighted by Crippen LogP contribution is 2.30. The molecule has 4 rings (SSSR count). The van der Waals surface area contributed by atoms with E-state index >= 15 is 0 Å². The van der Waals surface area contributed by atoms with Crippen molar-refractivity contribution >= 4 is 32.8 Å². The molecule has 1 fully saturated rings. The Balaban J connectivity index is 1.60. The van der Waals surface area contributed by atoms with E-state index in [0.29, 0.717) is 43.0 Å². The molecule has 1 aliphatic rings. The summed E-state index contributed by atoms with van der Waals surface area (Å²) in [6.45, 7) is 1.44. The summed E-state index contributed by atoms with van der Waals surface area (Å²) in [5, 5.41) is 3.80. The summed E-state index contributed by atoms with van der Waals surface area (Å²) in [6.07, 6.45) is 1.11. The number of benzene rings is 2. The van der Waals surface area contributed by atoms with Crippen molar-refractivity contribution in [2.24, 2.45) is 0 Å². The first-order valence-corrected chi connectivity index (χ1v) is 12.4. The molecular formula is C22H20F2N2O3S2. The molecule has 0 radical (unpaired) electrons. The van der Waals surface area contributed by atoms with E-state index in [4.69, 9.17) is 0 Å². The topological polar surface area (TPSA) is 57.7 Å². The van der Waals surface area contributed by atoms with Crippen LogP contribution in [0.15, 0.2) is 58.1 Å². The number of carbonyl (C=O) groups excluding carboxylic acids is 1. The van der Waals surface area contributed by atoms with Crippen molar-refractivity contribution in [3.63, 3.8) is 0 Å². The van der Waals surface area contributed by atoms with Crippen molar-refractivity contribution in [2.75, 3.05) is 37.3 Å². The number of hydrogen-bond acceptors (Lipinski definition) is 5. The lowest BCUT2D eigenvalue weighted by Gasteiger charge is -2.36. The number of carbonyl (C=O) groups is 1. The number of amides is 1. The number of anilines is 1. The van der Waals surface area contributed by atoms with Crippen LogP contribution in [0.1, 0.15) is 10.4 Å². The average Bonchev–Trinajstić information content (AvgIpc) is 3.27. The molecule has 1 saturated heterocycles. The van der Waals surface area contributed by atoms with Crippen LogP contribution in [-0.2, 0) is 9.84 Å². The van der Waals surface area contributed by atoms with Gasteiger partial charge in [0.2, 0.25) is 0 Å². The molecule has 1 aliphatic heterocycles. The first-order chi connectivity index (χ1) is 14.7. The predicted molar refractivity (Wildman–Crippen MR) is 117 cm³/mol. The zero-order chi connectivity index (χ0) is 22.2. The molecule has 31 heavy (non-hydrogen) atoms. The lowest BCUT2D eigenvalue weighted by molar-refractivity contribution is 0.0747. The maximum Gasteiger partial charge on any atom is 0.254 e. The first kappa shape index (κ1) is 21.5. The number of nitrogens with zero attached hydrogens (tertiary/aromatic N) is 2. The zero-order valence-corrected chi connectivity index (χ0v) is 18.3. The van der Waals surface area contributed by atoms with Crippen molar-refractivity contribution in [1.82, 2.24) is 4.90 Å². The fraction of sp³-hybridized carbons (Fsp3) is 0.227. The van der Waals surface area contributed by atoms with Crippen LogP contribution in [0, 0.1) is 11.6 Å². The Kier molecular flexibility index (Phi) is 5.81. The number of thiophene rings is 1. The molecule has 0 N–H and O–H groups in total. The van der Waals surface area contributed by atoms with Crippen LogP contribution in [0.4, 0.5) is 14.5 Å². The minimum absolute atomic E-state index is 0.0850. The number of hydrogen-bond donors (Lipinski definition) is 0. The van der Waals surface area contributed by atoms with Crippen LogP contribution in [-0.4, -0.2) is 51.7 Å². The Morgan fingerprint density at radius 3 is 2.35 bits per heavy atom. The third-order valence-electron chi connectivity index (χ3n) is 5.30. The van der Waals surface area contributed by atoms with Gasteiger partial charge >= 0.3 is 0 Å². The third kappa shape index (κ3) is 4.47. The van der Waals surface area contributed by atoms with Gasteiger partial charge in [-0.05, 0) is 52.2 Å². The van der Waals surface area contributed by atoms with Crippen LogP contribution in [0.25, 0.3) is 11.1 Å². The fourth-order valence-electron chi connectivity index (χ4n) is 3.66. The second-order valence-corrected chi connectivity index (χ2v) is 10.2. The summed E-state index contributed by atoms with van der Waals surface area (Å²) in [5.41, 5.74) is 2.14. The molecule has 2 heterocycles. The van der Waals surface area contributed by atoms with Gasteiger partial charge in [-0.2, -0.15) is 11.3 Å². The molecule has 2 aromatic carbocycles. The molecular weight excluding hydrogens is 442 g/mol. The van der Waals surface area contributed by atoms with E-state index in [1.54, 1.807) is 15.9 Å². The maximum absolute atomic E-state index is 14.1. The Labute approximate surface area is 183 Å². The molecule has 0 spiro atoms. The van der Waals surface area contributed by atoms with Crippen molar-refractivity contribution in [3.05, 3.63) is 70.4 Å². The summed E-state index contributed by atoms with van der Waals surface area (Å²) in [6, 6.07) is 9.93. The average molecular weight is 463 g/mol. The molecule has 162 valence electrons. The summed E-state index contributed by atoms with van der Waals surface area (Å²) < 4.78 is 51.4. The van der Waals surface area contributed by atoms with Crippen LogP contribution in [0.2, 0.25) is 0 Å². The molecule has 0 aliphatic carbocycles. The van der Waals surface area contributed by atoms with Gasteiger partial charge in [-0.1, -0.05) is 6.07 Å². The summed E-state index contributed by atoms with van der Waals surface area (Å²) in [7, 11) is -3.48. The second kappa shape index (κ2) is 8.39. The minimum atomic E-state index is -3.48. The Bertz CT molecular complexity index is 1220. The zero-order valence-electron chi connectivity index (χ0n) is 16.7. The van der Waals surface area contributed by atoms with Gasteiger partial charge in [-0.25, -0.2) is 17.2 Å². The van der Waals surface area contributed by atoms with Gasteiger partial charge in [0.05, 0.1) is 10.6 Å². The number of piperazine rings is 1. The van der Waals surface area contributed by atoms with Gasteiger partial charge in [0.25, 0.3) is 5.91 Å². The van der Waals surface area contributed by atoms with Gasteiger partial charge in [0.15, 0.2) is 9.84 Å². The number of halogens is 2. The van der Waals surface area contributed by atoms with Crippen molar-refractivity contribution in [1.29, 1.82) is 0 Å². The van der Waals surface area contributed by atoms with E-state index in [9.17, 15) is 22.0 Å². The van der Waals surface area contributed by atoms with Gasteiger partial charge in [-0.3, -0.25) is 4.79 Å². The molecule has 3 aromatic rings. The monoisotopic (exact) mass is 462 g/mol. The van der Waals surface area contributed by atoms with Crippen LogP contribution in [0.5, 0.6) is 0 Å². The van der Waals surface area contributed by atoms with E-state index < -0.39 is 21.5 Å². The highest BCUT2D eigenvalue weighted by atomic mass is 32.2. The van der Waals surface area contributed by atoms with E-state index in [1.807, 2.05) is 16.8 Å². The minimum Gasteiger partial charge on any atom is -0.366 e. The second-order valence-electron chi connectivity index (χ2n) is 7.37. The molecule has 0 bridgehead atoms. The fourth-order valence-corrected chi connectivity index (χ4v) is 4.96. The molecule has 0 unspecified atom stereocenters. The Morgan fingerprint density at radius 1 is 1.00 bits per heavy atom. The highest BCUT2D eigenvalue weighted by molar-refractivity contribution is 7.90. The predicted octanol–water partition coefficient (Wildman–Crippen LogP) is 4.06. The molecule has 5 nitrogen and oxygen atoms in total. The van der Waals surface area contributed by atoms with Crippen LogP contribution >= 0.6 is 11.3 Å². The van der Waals surface area contributed by atoms with Crippen molar-refractivity contribution < 1.29 is 22.0 Å². The summed E-state index contributed by atoms with van der Waals surface area (Å²) in [5.74, 6) is -1.55. The summed E-state index contributed by atoms with van der Waals surface area (Å²) >= 11 is 1.49. The summed E-state index contributed by atoms with van der Waals surface area (Å²) in [4.78, 5) is 16.8. The largest absolute Gasteiger partial charge is 0.366 e. The standard InChI is InChI=1S/C22H20F2N2O3S2/c1-31(28,29)17-3-4-18(15-6-11-30-14-15)19(13-17)22(27)26-9-7-25(8-10-26)21-5-2-16(23)12-20(21)24/h2-6,11-14H,7-10H2,1H3. The number of sulfone groups is 1. The molecule has 9 heteroatoms. The smallest absolute Gasteiger partial charge is 0.254 e. The van der Waals surface area contributed by atoms with Gasteiger partial charge in [-0.15, -0.1) is 0 Å². The van der Waals surface area contributed by atoms with Crippen molar-refractivity contribution in [3.8, 4) is 11.1 Å². The van der Waals surface area contributed by atoms with E-state index in [2.05, 4.69) is 0 Å². The van der Waals surface area contributed by atoms with Gasteiger partial charge < -0.3 is 9.80 Å². The molecule has 0 saturated carbocycles. The van der Waals surface area contributed by atoms with E-state index in [-0.39, 0.29) is 10.8 Å². The first-order valence-electron chi connectivity index (χ1n) is 9.60. The third-order valence-corrected chi connectivity index (χ3v) is 7.09. The lowest BCUT2D eigenvalue weighted by Crippen LogP contribution is -2.49. The molecule has 1 aromatic heterocycles. The van der Waals surface area contributed by atoms with Gasteiger partial charge in [0, 0.05) is 44.1 Å². The van der Waals surface area contributed by atoms with E-state index in [1.165, 1.54) is 35.6 Å². The van der Waals surface area contributed by atoms with Gasteiger partial charge in [0.1, 0.15) is 11.6 Å². The Morgan fingerprint density at radius 2 is 1.74 bits per heavy atom. The number of rotatable bonds is 4. The molecule has 0 atom stereocenters.